The zero-order chi connectivity index (χ0) is 20.5. The highest BCUT2D eigenvalue weighted by Gasteiger charge is 2.37. The molecule has 0 amide bonds. The third-order valence-electron chi connectivity index (χ3n) is 4.31. The summed E-state index contributed by atoms with van der Waals surface area (Å²) >= 11 is 0. The van der Waals surface area contributed by atoms with E-state index >= 15 is 0 Å². The largest absolute Gasteiger partial charge is 0.416 e. The molecule has 0 saturated carbocycles. The normalized spacial score (nSPS) is 14.3. The standard InChI is InChI=1S/C19H19F6NO/c1-17(2,13-6-4-3-5-7-13)16(26)27-11-12-8-14(18(20,21)22)10-15(9-12)19(23,24)25/h3-10,16H,11,26H2,1-2H3. The van der Waals surface area contributed by atoms with Gasteiger partial charge in [-0.3, -0.25) is 0 Å². The Morgan fingerprint density at radius 3 is 1.74 bits per heavy atom. The van der Waals surface area contributed by atoms with Crippen LogP contribution in [0.4, 0.5) is 26.3 Å². The Balaban J connectivity index is 2.24. The summed E-state index contributed by atoms with van der Waals surface area (Å²) in [5.74, 6) is 0. The van der Waals surface area contributed by atoms with Crippen LogP contribution >= 0.6 is 0 Å². The van der Waals surface area contributed by atoms with Crippen molar-refractivity contribution in [3.05, 3.63) is 70.8 Å². The topological polar surface area (TPSA) is 35.2 Å². The van der Waals surface area contributed by atoms with E-state index in [9.17, 15) is 26.3 Å². The van der Waals surface area contributed by atoms with Crippen molar-refractivity contribution in [2.45, 2.75) is 44.4 Å². The monoisotopic (exact) mass is 391 g/mol. The number of alkyl halides is 6. The van der Waals surface area contributed by atoms with Gasteiger partial charge in [0.25, 0.3) is 0 Å². The van der Waals surface area contributed by atoms with E-state index in [0.717, 1.165) is 5.56 Å². The Morgan fingerprint density at radius 2 is 1.30 bits per heavy atom. The summed E-state index contributed by atoms with van der Waals surface area (Å²) in [6.07, 6.45) is -10.7. The molecule has 0 radical (unpaired) electrons. The molecular weight excluding hydrogens is 372 g/mol. The molecule has 0 aromatic heterocycles. The summed E-state index contributed by atoms with van der Waals surface area (Å²) < 4.78 is 82.9. The van der Waals surface area contributed by atoms with E-state index in [1.54, 1.807) is 26.0 Å². The molecule has 0 fully saturated rings. The first-order valence-electron chi connectivity index (χ1n) is 8.03. The van der Waals surface area contributed by atoms with Crippen LogP contribution in [0.1, 0.15) is 36.1 Å². The predicted molar refractivity (Wildman–Crippen MR) is 88.7 cm³/mol. The number of nitrogens with two attached hydrogens (primary N) is 1. The second kappa shape index (κ2) is 7.52. The van der Waals surface area contributed by atoms with Gasteiger partial charge in [-0.05, 0) is 29.3 Å². The fourth-order valence-corrected chi connectivity index (χ4v) is 2.53. The molecule has 2 nitrogen and oxygen atoms in total. The van der Waals surface area contributed by atoms with Crippen LogP contribution in [0.25, 0.3) is 0 Å². The SMILES string of the molecule is CC(C)(c1ccccc1)C(N)OCc1cc(C(F)(F)F)cc(C(F)(F)F)c1. The first-order chi connectivity index (χ1) is 12.3. The molecule has 8 heteroatoms. The molecule has 27 heavy (non-hydrogen) atoms. The van der Waals surface area contributed by atoms with Gasteiger partial charge < -0.3 is 10.5 Å². The highest BCUT2D eigenvalue weighted by molar-refractivity contribution is 5.33. The molecule has 148 valence electrons. The maximum Gasteiger partial charge on any atom is 0.416 e. The summed E-state index contributed by atoms with van der Waals surface area (Å²) in [6, 6.07) is 10.4. The zero-order valence-electron chi connectivity index (χ0n) is 14.7. The maximum absolute atomic E-state index is 12.9. The average molecular weight is 391 g/mol. The number of hydrogen-bond acceptors (Lipinski definition) is 2. The van der Waals surface area contributed by atoms with Crippen LogP contribution in [0, 0.1) is 0 Å². The lowest BCUT2D eigenvalue weighted by molar-refractivity contribution is -0.143. The van der Waals surface area contributed by atoms with Crippen molar-refractivity contribution in [3.63, 3.8) is 0 Å². The highest BCUT2D eigenvalue weighted by atomic mass is 19.4. The lowest BCUT2D eigenvalue weighted by atomic mass is 9.83. The van der Waals surface area contributed by atoms with Crippen LogP contribution in [-0.4, -0.2) is 6.23 Å². The number of halogens is 6. The minimum Gasteiger partial charge on any atom is -0.358 e. The first kappa shape index (κ1) is 21.2. The number of ether oxygens (including phenoxy) is 1. The maximum atomic E-state index is 12.9. The van der Waals surface area contributed by atoms with Crippen molar-refractivity contribution in [3.8, 4) is 0 Å². The van der Waals surface area contributed by atoms with E-state index in [1.165, 1.54) is 0 Å². The molecular formula is C19H19F6NO. The van der Waals surface area contributed by atoms with Crippen LogP contribution in [0.5, 0.6) is 0 Å². The fraction of sp³-hybridized carbons (Fsp3) is 0.368. The van der Waals surface area contributed by atoms with Crippen LogP contribution in [0.15, 0.2) is 48.5 Å². The molecule has 0 spiro atoms. The van der Waals surface area contributed by atoms with Crippen molar-refractivity contribution in [2.75, 3.05) is 0 Å². The van der Waals surface area contributed by atoms with E-state index in [4.69, 9.17) is 10.5 Å². The zero-order valence-corrected chi connectivity index (χ0v) is 14.7. The highest BCUT2D eigenvalue weighted by Crippen LogP contribution is 2.36. The van der Waals surface area contributed by atoms with E-state index in [0.29, 0.717) is 12.1 Å². The Morgan fingerprint density at radius 1 is 0.815 bits per heavy atom. The van der Waals surface area contributed by atoms with Gasteiger partial charge in [-0.15, -0.1) is 0 Å². The minimum absolute atomic E-state index is 0.0807. The molecule has 2 aromatic rings. The lowest BCUT2D eigenvalue weighted by Gasteiger charge is -2.32. The van der Waals surface area contributed by atoms with Gasteiger partial charge in [-0.25, -0.2) is 0 Å². The second-order valence-electron chi connectivity index (χ2n) is 6.73. The molecule has 0 aliphatic heterocycles. The van der Waals surface area contributed by atoms with E-state index < -0.39 is 41.7 Å². The molecule has 1 atom stereocenters. The van der Waals surface area contributed by atoms with Gasteiger partial charge in [0.1, 0.15) is 6.23 Å². The number of benzene rings is 2. The van der Waals surface area contributed by atoms with Crippen LogP contribution in [0.3, 0.4) is 0 Å². The van der Waals surface area contributed by atoms with Gasteiger partial charge in [0, 0.05) is 5.41 Å². The summed E-state index contributed by atoms with van der Waals surface area (Å²) in [6.45, 7) is 3.07. The molecule has 0 aliphatic carbocycles. The van der Waals surface area contributed by atoms with E-state index in [1.807, 2.05) is 18.2 Å². The van der Waals surface area contributed by atoms with E-state index in [-0.39, 0.29) is 11.6 Å². The quantitative estimate of drug-likeness (QED) is 0.539. The molecule has 0 bridgehead atoms. The number of rotatable bonds is 5. The average Bonchev–Trinajstić information content (AvgIpc) is 2.58. The van der Waals surface area contributed by atoms with E-state index in [2.05, 4.69) is 0 Å². The molecule has 0 saturated heterocycles. The van der Waals surface area contributed by atoms with Gasteiger partial charge >= 0.3 is 12.4 Å². The first-order valence-corrected chi connectivity index (χ1v) is 8.03. The van der Waals surface area contributed by atoms with Crippen molar-refractivity contribution in [1.29, 1.82) is 0 Å². The van der Waals surface area contributed by atoms with Crippen LogP contribution in [0.2, 0.25) is 0 Å². The summed E-state index contributed by atoms with van der Waals surface area (Å²) in [5.41, 5.74) is 3.13. The van der Waals surface area contributed by atoms with Gasteiger partial charge in [-0.2, -0.15) is 26.3 Å². The molecule has 0 aliphatic rings. The van der Waals surface area contributed by atoms with Crippen LogP contribution in [-0.2, 0) is 29.1 Å². The van der Waals surface area contributed by atoms with Gasteiger partial charge in [0.05, 0.1) is 17.7 Å². The summed E-state index contributed by atoms with van der Waals surface area (Å²) in [5, 5.41) is 0. The number of hydrogen-bond donors (Lipinski definition) is 1. The Labute approximate surface area is 152 Å². The second-order valence-corrected chi connectivity index (χ2v) is 6.73. The third-order valence-corrected chi connectivity index (χ3v) is 4.31. The predicted octanol–water partition coefficient (Wildman–Crippen LogP) is 5.50. The Bertz CT molecular complexity index is 736. The summed E-state index contributed by atoms with van der Waals surface area (Å²) in [4.78, 5) is 0. The van der Waals surface area contributed by atoms with Gasteiger partial charge in [0.2, 0.25) is 0 Å². The lowest BCUT2D eigenvalue weighted by Crippen LogP contribution is -2.42. The van der Waals surface area contributed by atoms with Crippen molar-refractivity contribution in [1.82, 2.24) is 0 Å². The smallest absolute Gasteiger partial charge is 0.358 e. The fourth-order valence-electron chi connectivity index (χ4n) is 2.53. The molecule has 2 aromatic carbocycles. The summed E-state index contributed by atoms with van der Waals surface area (Å²) in [7, 11) is 0. The van der Waals surface area contributed by atoms with Crippen molar-refractivity contribution >= 4 is 0 Å². The van der Waals surface area contributed by atoms with Crippen LogP contribution < -0.4 is 5.73 Å². The van der Waals surface area contributed by atoms with Crippen molar-refractivity contribution < 1.29 is 31.1 Å². The third kappa shape index (κ3) is 5.23. The van der Waals surface area contributed by atoms with Gasteiger partial charge in [0.15, 0.2) is 0 Å². The Hall–Kier alpha value is -2.06. The molecule has 2 N–H and O–H groups in total. The Kier molecular flexibility index (Phi) is 5.91. The molecule has 0 heterocycles. The van der Waals surface area contributed by atoms with Gasteiger partial charge in [-0.1, -0.05) is 44.2 Å². The minimum atomic E-state index is -4.90. The molecule has 2 rings (SSSR count). The molecule has 1 unspecified atom stereocenters. The van der Waals surface area contributed by atoms with Crippen molar-refractivity contribution in [2.24, 2.45) is 5.73 Å².